The van der Waals surface area contributed by atoms with Crippen molar-refractivity contribution in [2.45, 2.75) is 32.4 Å². The zero-order valence-corrected chi connectivity index (χ0v) is 15.2. The van der Waals surface area contributed by atoms with Crippen molar-refractivity contribution >= 4 is 12.5 Å². The molecule has 1 aromatic heterocycles. The number of carbonyl (C=O) groups excluding carboxylic acids is 1. The van der Waals surface area contributed by atoms with Crippen molar-refractivity contribution in [2.24, 2.45) is 5.10 Å². The summed E-state index contributed by atoms with van der Waals surface area (Å²) >= 11 is 0. The Kier molecular flexibility index (Phi) is 7.04. The minimum atomic E-state index is -4.49. The summed E-state index contributed by atoms with van der Waals surface area (Å²) in [6.07, 6.45) is 2.50. The number of hydrogen-bond donors (Lipinski definition) is 0. The van der Waals surface area contributed by atoms with Crippen LogP contribution in [0.15, 0.2) is 35.7 Å². The molecule has 8 heteroatoms. The molecular weight excluding hydrogens is 357 g/mol. The standard InChI is InChI=1S/C19H21F3N4O/c1-3-4-5-8-26(2)25-10-16-9-14(6-7-15(16)13-27)18-23-11-17(12-24-18)19(20,21)22/h6-7,9-13H,3-5,8H2,1-2H3/b25-10-. The van der Waals surface area contributed by atoms with Crippen LogP contribution < -0.4 is 0 Å². The Balaban J connectivity index is 2.23. The molecule has 2 rings (SSSR count). The molecule has 0 saturated heterocycles. The summed E-state index contributed by atoms with van der Waals surface area (Å²) in [5.74, 6) is 0.145. The van der Waals surface area contributed by atoms with E-state index in [1.54, 1.807) is 29.4 Å². The molecule has 0 N–H and O–H groups in total. The Bertz CT molecular complexity index is 789. The zero-order valence-electron chi connectivity index (χ0n) is 15.2. The van der Waals surface area contributed by atoms with E-state index in [-0.39, 0.29) is 5.82 Å². The highest BCUT2D eigenvalue weighted by molar-refractivity contribution is 5.93. The second-order valence-corrected chi connectivity index (χ2v) is 6.09. The largest absolute Gasteiger partial charge is 0.419 e. The van der Waals surface area contributed by atoms with Crippen LogP contribution in [0.2, 0.25) is 0 Å². The van der Waals surface area contributed by atoms with E-state index in [0.717, 1.165) is 38.2 Å². The molecule has 0 fully saturated rings. The quantitative estimate of drug-likeness (QED) is 0.295. The van der Waals surface area contributed by atoms with Crippen molar-refractivity contribution in [1.82, 2.24) is 15.0 Å². The first-order chi connectivity index (χ1) is 12.8. The molecule has 0 atom stereocenters. The van der Waals surface area contributed by atoms with Gasteiger partial charge >= 0.3 is 6.18 Å². The third-order valence-electron chi connectivity index (χ3n) is 3.93. The molecule has 0 amide bonds. The molecule has 0 spiro atoms. The number of alkyl halides is 3. The number of aromatic nitrogens is 2. The van der Waals surface area contributed by atoms with Gasteiger partial charge in [-0.2, -0.15) is 18.3 Å². The van der Waals surface area contributed by atoms with E-state index >= 15 is 0 Å². The number of unbranched alkanes of at least 4 members (excludes halogenated alkanes) is 2. The molecule has 0 saturated carbocycles. The summed E-state index contributed by atoms with van der Waals surface area (Å²) in [6.45, 7) is 2.91. The third-order valence-corrected chi connectivity index (χ3v) is 3.93. The molecule has 0 unspecified atom stereocenters. The fourth-order valence-corrected chi connectivity index (χ4v) is 2.37. The van der Waals surface area contributed by atoms with E-state index in [4.69, 9.17) is 0 Å². The Morgan fingerprint density at radius 3 is 2.44 bits per heavy atom. The van der Waals surface area contributed by atoms with E-state index < -0.39 is 11.7 Å². The third kappa shape index (κ3) is 5.87. The first kappa shape index (κ1) is 20.5. The maximum atomic E-state index is 12.6. The van der Waals surface area contributed by atoms with Crippen LogP contribution in [0.4, 0.5) is 13.2 Å². The Morgan fingerprint density at radius 2 is 1.85 bits per heavy atom. The van der Waals surface area contributed by atoms with Gasteiger partial charge in [0.05, 0.1) is 11.8 Å². The fourth-order valence-electron chi connectivity index (χ4n) is 2.37. The highest BCUT2D eigenvalue weighted by atomic mass is 19.4. The molecule has 0 aliphatic carbocycles. The Morgan fingerprint density at radius 1 is 1.15 bits per heavy atom. The molecule has 0 aliphatic heterocycles. The molecule has 2 aromatic rings. The van der Waals surface area contributed by atoms with Crippen LogP contribution >= 0.6 is 0 Å². The van der Waals surface area contributed by atoms with Crippen molar-refractivity contribution in [3.63, 3.8) is 0 Å². The van der Waals surface area contributed by atoms with Crippen molar-refractivity contribution in [3.05, 3.63) is 47.3 Å². The first-order valence-corrected chi connectivity index (χ1v) is 8.59. The molecule has 5 nitrogen and oxygen atoms in total. The van der Waals surface area contributed by atoms with Crippen LogP contribution in [0.1, 0.15) is 47.7 Å². The normalized spacial score (nSPS) is 11.7. The molecule has 0 aliphatic rings. The van der Waals surface area contributed by atoms with E-state index in [0.29, 0.717) is 23.0 Å². The summed E-state index contributed by atoms with van der Waals surface area (Å²) in [4.78, 5) is 18.8. The lowest BCUT2D eigenvalue weighted by atomic mass is 10.0. The average molecular weight is 378 g/mol. The number of hydrogen-bond acceptors (Lipinski definition) is 5. The summed E-state index contributed by atoms with van der Waals surface area (Å²) in [5.41, 5.74) is 0.570. The van der Waals surface area contributed by atoms with E-state index in [1.807, 2.05) is 7.05 Å². The second-order valence-electron chi connectivity index (χ2n) is 6.09. The van der Waals surface area contributed by atoms with Crippen molar-refractivity contribution in [3.8, 4) is 11.4 Å². The molecule has 27 heavy (non-hydrogen) atoms. The monoisotopic (exact) mass is 378 g/mol. The second kappa shape index (κ2) is 9.25. The topological polar surface area (TPSA) is 58.5 Å². The van der Waals surface area contributed by atoms with Gasteiger partial charge in [0, 0.05) is 42.7 Å². The zero-order chi connectivity index (χ0) is 19.9. The molecule has 144 valence electrons. The number of rotatable bonds is 8. The van der Waals surface area contributed by atoms with Gasteiger partial charge in [-0.1, -0.05) is 31.9 Å². The van der Waals surface area contributed by atoms with E-state index in [2.05, 4.69) is 22.0 Å². The molecule has 1 aromatic carbocycles. The minimum absolute atomic E-state index is 0.145. The van der Waals surface area contributed by atoms with Gasteiger partial charge in [-0.05, 0) is 12.5 Å². The van der Waals surface area contributed by atoms with Gasteiger partial charge < -0.3 is 5.01 Å². The maximum absolute atomic E-state index is 12.6. The van der Waals surface area contributed by atoms with Crippen LogP contribution in [0.25, 0.3) is 11.4 Å². The van der Waals surface area contributed by atoms with E-state index in [9.17, 15) is 18.0 Å². The maximum Gasteiger partial charge on any atom is 0.419 e. The SMILES string of the molecule is CCCCCN(C)/N=C\c1cc(-c2ncc(C(F)(F)F)cn2)ccc1C=O. The van der Waals surface area contributed by atoms with Crippen LogP contribution in [0.5, 0.6) is 0 Å². The van der Waals surface area contributed by atoms with Crippen LogP contribution in [0, 0.1) is 0 Å². The lowest BCUT2D eigenvalue weighted by molar-refractivity contribution is -0.138. The molecule has 1 heterocycles. The van der Waals surface area contributed by atoms with Gasteiger partial charge in [0.25, 0.3) is 0 Å². The minimum Gasteiger partial charge on any atom is -0.300 e. The summed E-state index contributed by atoms with van der Waals surface area (Å²) in [5, 5.41) is 6.10. The predicted octanol–water partition coefficient (Wildman–Crippen LogP) is 4.43. The Labute approximate surface area is 155 Å². The smallest absolute Gasteiger partial charge is 0.300 e. The number of nitrogens with zero attached hydrogens (tertiary/aromatic N) is 4. The summed E-state index contributed by atoms with van der Waals surface area (Å²) < 4.78 is 37.9. The highest BCUT2D eigenvalue weighted by Gasteiger charge is 2.31. The van der Waals surface area contributed by atoms with Crippen LogP contribution in [-0.4, -0.2) is 41.1 Å². The number of hydrazone groups is 1. The van der Waals surface area contributed by atoms with Gasteiger partial charge in [0.15, 0.2) is 12.1 Å². The Hall–Kier alpha value is -2.77. The van der Waals surface area contributed by atoms with Crippen molar-refractivity contribution in [2.75, 3.05) is 13.6 Å². The summed E-state index contributed by atoms with van der Waals surface area (Å²) in [7, 11) is 1.84. The van der Waals surface area contributed by atoms with Crippen molar-refractivity contribution in [1.29, 1.82) is 0 Å². The molecule has 0 radical (unpaired) electrons. The predicted molar refractivity (Wildman–Crippen MR) is 97.6 cm³/mol. The van der Waals surface area contributed by atoms with E-state index in [1.165, 1.54) is 0 Å². The van der Waals surface area contributed by atoms with Gasteiger partial charge in [-0.15, -0.1) is 0 Å². The highest BCUT2D eigenvalue weighted by Crippen LogP contribution is 2.28. The van der Waals surface area contributed by atoms with Crippen LogP contribution in [0.3, 0.4) is 0 Å². The number of carbonyl (C=O) groups is 1. The lowest BCUT2D eigenvalue weighted by Gasteiger charge is -2.12. The number of aldehydes is 1. The number of halogens is 3. The molecular formula is C19H21F3N4O. The lowest BCUT2D eigenvalue weighted by Crippen LogP contribution is -2.13. The van der Waals surface area contributed by atoms with Gasteiger partial charge in [-0.3, -0.25) is 4.79 Å². The van der Waals surface area contributed by atoms with Gasteiger partial charge in [0.2, 0.25) is 0 Å². The van der Waals surface area contributed by atoms with Gasteiger partial charge in [0.1, 0.15) is 0 Å². The average Bonchev–Trinajstić information content (AvgIpc) is 2.65. The van der Waals surface area contributed by atoms with Crippen molar-refractivity contribution < 1.29 is 18.0 Å². The molecule has 0 bridgehead atoms. The number of benzene rings is 1. The summed E-state index contributed by atoms with van der Waals surface area (Å²) in [6, 6.07) is 4.80. The fraction of sp³-hybridized carbons (Fsp3) is 0.368. The first-order valence-electron chi connectivity index (χ1n) is 8.59. The van der Waals surface area contributed by atoms with Crippen LogP contribution in [-0.2, 0) is 6.18 Å². The van der Waals surface area contributed by atoms with Gasteiger partial charge in [-0.25, -0.2) is 9.97 Å².